The second kappa shape index (κ2) is 4.54. The zero-order chi connectivity index (χ0) is 8.97. The van der Waals surface area contributed by atoms with Crippen molar-refractivity contribution in [2.75, 3.05) is 20.3 Å². The van der Waals surface area contributed by atoms with E-state index in [1.54, 1.807) is 0 Å². The molecule has 0 radical (unpaired) electrons. The summed E-state index contributed by atoms with van der Waals surface area (Å²) in [6.45, 7) is 0.428. The lowest BCUT2D eigenvalue weighted by Crippen LogP contribution is -2.45. The highest BCUT2D eigenvalue weighted by Gasteiger charge is 2.33. The van der Waals surface area contributed by atoms with Crippen molar-refractivity contribution in [3.8, 4) is 0 Å². The van der Waals surface area contributed by atoms with E-state index in [-0.39, 0.29) is 24.7 Å². The van der Waals surface area contributed by atoms with E-state index in [2.05, 4.69) is 0 Å². The van der Waals surface area contributed by atoms with Crippen molar-refractivity contribution in [1.29, 1.82) is 0 Å². The fourth-order valence-corrected chi connectivity index (χ4v) is 1.52. The Morgan fingerprint density at radius 3 is 3.00 bits per heavy atom. The van der Waals surface area contributed by atoms with Gasteiger partial charge in [0.15, 0.2) is 0 Å². The summed E-state index contributed by atoms with van der Waals surface area (Å²) in [4.78, 5) is 10.6. The number of ether oxygens (including phenoxy) is 2. The van der Waals surface area contributed by atoms with Gasteiger partial charge in [-0.15, -0.1) is 0 Å². The van der Waals surface area contributed by atoms with Gasteiger partial charge in [0.25, 0.3) is 0 Å². The summed E-state index contributed by atoms with van der Waals surface area (Å²) in [5.74, 6) is -0.138. The van der Waals surface area contributed by atoms with Crippen LogP contribution in [0.5, 0.6) is 0 Å². The molecule has 0 aliphatic carbocycles. The molecule has 4 nitrogen and oxygen atoms in total. The molecule has 1 saturated heterocycles. The van der Waals surface area contributed by atoms with E-state index in [4.69, 9.17) is 14.6 Å². The van der Waals surface area contributed by atoms with Gasteiger partial charge in [-0.3, -0.25) is 0 Å². The lowest BCUT2D eigenvalue weighted by molar-refractivity contribution is -0.146. The maximum atomic E-state index is 10.6. The van der Waals surface area contributed by atoms with Crippen LogP contribution in [0.2, 0.25) is 0 Å². The average molecular weight is 174 g/mol. The molecule has 0 unspecified atom stereocenters. The molecule has 1 fully saturated rings. The fourth-order valence-electron chi connectivity index (χ4n) is 1.52. The van der Waals surface area contributed by atoms with Crippen LogP contribution in [0.25, 0.3) is 0 Å². The molecule has 1 rings (SSSR count). The third kappa shape index (κ3) is 1.83. The molecule has 1 N–H and O–H groups in total. The van der Waals surface area contributed by atoms with Crippen LogP contribution < -0.4 is 0 Å². The van der Waals surface area contributed by atoms with Crippen LogP contribution in [0.15, 0.2) is 0 Å². The summed E-state index contributed by atoms with van der Waals surface area (Å²) in [5, 5.41) is 8.88. The molecule has 1 aliphatic rings. The van der Waals surface area contributed by atoms with Gasteiger partial charge in [-0.1, -0.05) is 0 Å². The van der Waals surface area contributed by atoms with Crippen molar-refractivity contribution in [2.24, 2.45) is 5.92 Å². The van der Waals surface area contributed by atoms with Gasteiger partial charge in [0, 0.05) is 19.6 Å². The molecule has 4 heteroatoms. The first kappa shape index (κ1) is 9.64. The smallest absolute Gasteiger partial charge is 0.125 e. The van der Waals surface area contributed by atoms with E-state index in [9.17, 15) is 4.79 Å². The summed E-state index contributed by atoms with van der Waals surface area (Å²) in [7, 11) is 1.53. The predicted molar refractivity (Wildman–Crippen MR) is 41.8 cm³/mol. The van der Waals surface area contributed by atoms with Gasteiger partial charge in [-0.05, 0) is 6.42 Å². The van der Waals surface area contributed by atoms with Crippen LogP contribution >= 0.6 is 0 Å². The van der Waals surface area contributed by atoms with Crippen LogP contribution in [0, 0.1) is 5.92 Å². The van der Waals surface area contributed by atoms with E-state index in [0.717, 1.165) is 6.29 Å². The molecule has 0 spiro atoms. The Morgan fingerprint density at radius 2 is 2.50 bits per heavy atom. The van der Waals surface area contributed by atoms with Gasteiger partial charge in [-0.25, -0.2) is 0 Å². The first-order valence-electron chi connectivity index (χ1n) is 4.04. The standard InChI is InChI=1S/C8H14O4/c1-11-8-6(4-9)2-3-12-7(8)5-10/h4,6-8,10H,2-3,5H2,1H3/t6-,7+,8+/m0/s1. The molecule has 0 aromatic carbocycles. The van der Waals surface area contributed by atoms with Crippen LogP contribution in [0.4, 0.5) is 0 Å². The van der Waals surface area contributed by atoms with E-state index in [0.29, 0.717) is 13.0 Å². The lowest BCUT2D eigenvalue weighted by atomic mass is 9.94. The number of aldehydes is 1. The van der Waals surface area contributed by atoms with Gasteiger partial charge in [0.1, 0.15) is 12.4 Å². The number of methoxy groups -OCH3 is 1. The highest BCUT2D eigenvalue weighted by Crippen LogP contribution is 2.21. The quantitative estimate of drug-likeness (QED) is 0.591. The Kier molecular flexibility index (Phi) is 3.65. The van der Waals surface area contributed by atoms with E-state index >= 15 is 0 Å². The minimum Gasteiger partial charge on any atom is -0.394 e. The molecule has 0 aromatic rings. The number of aliphatic hydroxyl groups excluding tert-OH is 1. The molecule has 3 atom stereocenters. The Morgan fingerprint density at radius 1 is 1.75 bits per heavy atom. The molecule has 0 amide bonds. The van der Waals surface area contributed by atoms with Gasteiger partial charge in [0.05, 0.1) is 12.7 Å². The minimum atomic E-state index is -0.348. The lowest BCUT2D eigenvalue weighted by Gasteiger charge is -2.33. The maximum Gasteiger partial charge on any atom is 0.125 e. The first-order valence-corrected chi connectivity index (χ1v) is 4.04. The van der Waals surface area contributed by atoms with Crippen LogP contribution in [0.3, 0.4) is 0 Å². The average Bonchev–Trinajstić information content (AvgIpc) is 2.16. The number of carbonyl (C=O) groups excluding carboxylic acids is 1. The second-order valence-electron chi connectivity index (χ2n) is 2.88. The van der Waals surface area contributed by atoms with Gasteiger partial charge in [-0.2, -0.15) is 0 Å². The van der Waals surface area contributed by atoms with Crippen molar-refractivity contribution >= 4 is 6.29 Å². The monoisotopic (exact) mass is 174 g/mol. The molecular formula is C8H14O4. The third-order valence-corrected chi connectivity index (χ3v) is 2.20. The first-order chi connectivity index (χ1) is 5.83. The highest BCUT2D eigenvalue weighted by atomic mass is 16.5. The third-order valence-electron chi connectivity index (χ3n) is 2.20. The maximum absolute atomic E-state index is 10.6. The Bertz CT molecular complexity index is 148. The van der Waals surface area contributed by atoms with E-state index < -0.39 is 0 Å². The minimum absolute atomic E-state index is 0.0944. The second-order valence-corrected chi connectivity index (χ2v) is 2.88. The van der Waals surface area contributed by atoms with E-state index in [1.165, 1.54) is 7.11 Å². The molecule has 1 heterocycles. The topological polar surface area (TPSA) is 55.8 Å². The number of hydrogen-bond donors (Lipinski definition) is 1. The van der Waals surface area contributed by atoms with Crippen LogP contribution in [-0.2, 0) is 14.3 Å². The Hall–Kier alpha value is -0.450. The summed E-state index contributed by atoms with van der Waals surface area (Å²) in [5.41, 5.74) is 0. The number of carbonyl (C=O) groups is 1. The summed E-state index contributed by atoms with van der Waals surface area (Å²) < 4.78 is 10.3. The summed E-state index contributed by atoms with van der Waals surface area (Å²) in [6, 6.07) is 0. The zero-order valence-corrected chi connectivity index (χ0v) is 7.10. The van der Waals surface area contributed by atoms with Crippen molar-refractivity contribution in [3.05, 3.63) is 0 Å². The van der Waals surface area contributed by atoms with Crippen molar-refractivity contribution in [3.63, 3.8) is 0 Å². The molecule has 0 bridgehead atoms. The van der Waals surface area contributed by atoms with Crippen molar-refractivity contribution in [2.45, 2.75) is 18.6 Å². The fraction of sp³-hybridized carbons (Fsp3) is 0.875. The molecule has 12 heavy (non-hydrogen) atoms. The normalized spacial score (nSPS) is 36.3. The van der Waals surface area contributed by atoms with Gasteiger partial charge >= 0.3 is 0 Å². The highest BCUT2D eigenvalue weighted by molar-refractivity contribution is 5.54. The molecular weight excluding hydrogens is 160 g/mol. The van der Waals surface area contributed by atoms with E-state index in [1.807, 2.05) is 0 Å². The molecule has 0 aromatic heterocycles. The summed E-state index contributed by atoms with van der Waals surface area (Å²) in [6.07, 6.45) is 0.915. The number of hydrogen-bond acceptors (Lipinski definition) is 4. The van der Waals surface area contributed by atoms with Crippen LogP contribution in [-0.4, -0.2) is 43.9 Å². The van der Waals surface area contributed by atoms with Crippen LogP contribution in [0.1, 0.15) is 6.42 Å². The SMILES string of the molecule is CO[C@@H]1[C@H](C=O)CCO[C@@H]1CO. The van der Waals surface area contributed by atoms with Gasteiger partial charge < -0.3 is 19.4 Å². The Labute approximate surface area is 71.5 Å². The number of aliphatic hydroxyl groups is 1. The number of rotatable bonds is 3. The zero-order valence-electron chi connectivity index (χ0n) is 7.10. The molecule has 1 aliphatic heterocycles. The Balaban J connectivity index is 2.58. The van der Waals surface area contributed by atoms with Crippen molar-refractivity contribution < 1.29 is 19.4 Å². The van der Waals surface area contributed by atoms with Crippen molar-refractivity contribution in [1.82, 2.24) is 0 Å². The van der Waals surface area contributed by atoms with Gasteiger partial charge in [0.2, 0.25) is 0 Å². The predicted octanol–water partition coefficient (Wildman–Crippen LogP) is -0.402. The molecule has 70 valence electrons. The summed E-state index contributed by atoms with van der Waals surface area (Å²) >= 11 is 0. The largest absolute Gasteiger partial charge is 0.394 e. The molecule has 0 saturated carbocycles.